The van der Waals surface area contributed by atoms with Gasteiger partial charge in [0.05, 0.1) is 5.71 Å². The molecule has 0 heterocycles. The van der Waals surface area contributed by atoms with Crippen LogP contribution in [0.25, 0.3) is 0 Å². The van der Waals surface area contributed by atoms with Gasteiger partial charge in [0, 0.05) is 0 Å². The number of ether oxygens (including phenoxy) is 2. The van der Waals surface area contributed by atoms with E-state index in [0.717, 1.165) is 52.3 Å². The molecular formula is C24H31NO3. The van der Waals surface area contributed by atoms with Gasteiger partial charge in [0.15, 0.2) is 0 Å². The Morgan fingerprint density at radius 3 is 2.29 bits per heavy atom. The van der Waals surface area contributed by atoms with Gasteiger partial charge in [-0.2, -0.15) is 0 Å². The van der Waals surface area contributed by atoms with Crippen LogP contribution in [-0.4, -0.2) is 19.4 Å². The molecule has 0 spiro atoms. The summed E-state index contributed by atoms with van der Waals surface area (Å²) in [6.07, 6.45) is 5.89. The Morgan fingerprint density at radius 2 is 1.71 bits per heavy atom. The molecule has 0 amide bonds. The highest BCUT2D eigenvalue weighted by Gasteiger charge is 2.09. The molecule has 0 aliphatic carbocycles. The van der Waals surface area contributed by atoms with Crippen LogP contribution in [0, 0.1) is 13.8 Å². The zero-order chi connectivity index (χ0) is 20.4. The van der Waals surface area contributed by atoms with E-state index in [0.29, 0.717) is 13.2 Å². The maximum atomic E-state index is 6.11. The molecule has 150 valence electrons. The van der Waals surface area contributed by atoms with Crippen LogP contribution in [0.3, 0.4) is 0 Å². The molecule has 0 fully saturated rings. The van der Waals surface area contributed by atoms with Crippen LogP contribution in [0.2, 0.25) is 0 Å². The summed E-state index contributed by atoms with van der Waals surface area (Å²) in [5.74, 6) is 1.78. The van der Waals surface area contributed by atoms with E-state index in [9.17, 15) is 0 Å². The molecule has 4 heteroatoms. The van der Waals surface area contributed by atoms with E-state index in [-0.39, 0.29) is 0 Å². The van der Waals surface area contributed by atoms with E-state index in [1.54, 1.807) is 7.11 Å². The van der Waals surface area contributed by atoms with Crippen LogP contribution in [0.1, 0.15) is 48.9 Å². The predicted octanol–water partition coefficient (Wildman–Crippen LogP) is 5.99. The Balaban J connectivity index is 2.04. The average Bonchev–Trinajstić information content (AvgIpc) is 2.68. The van der Waals surface area contributed by atoms with Crippen molar-refractivity contribution in [3.05, 3.63) is 70.8 Å². The molecular weight excluding hydrogens is 350 g/mol. The molecule has 2 aromatic carbocycles. The smallest absolute Gasteiger partial charge is 0.125 e. The van der Waals surface area contributed by atoms with Crippen molar-refractivity contribution in [2.24, 2.45) is 5.16 Å². The number of hydrogen-bond acceptors (Lipinski definition) is 4. The fraction of sp³-hybridized carbons (Fsp3) is 0.375. The van der Waals surface area contributed by atoms with Crippen molar-refractivity contribution in [3.63, 3.8) is 0 Å². The van der Waals surface area contributed by atoms with E-state index < -0.39 is 0 Å². The van der Waals surface area contributed by atoms with Crippen LogP contribution < -0.4 is 9.47 Å². The van der Waals surface area contributed by atoms with Gasteiger partial charge in [-0.1, -0.05) is 54.9 Å². The lowest BCUT2D eigenvalue weighted by atomic mass is 10.0. The number of hydrogen-bond donors (Lipinski definition) is 0. The van der Waals surface area contributed by atoms with Gasteiger partial charge in [0.25, 0.3) is 0 Å². The van der Waals surface area contributed by atoms with E-state index in [1.807, 2.05) is 45.1 Å². The minimum Gasteiger partial charge on any atom is -0.490 e. The van der Waals surface area contributed by atoms with Crippen molar-refractivity contribution in [2.75, 3.05) is 13.7 Å². The van der Waals surface area contributed by atoms with Crippen molar-refractivity contribution in [2.45, 2.75) is 47.1 Å². The van der Waals surface area contributed by atoms with Gasteiger partial charge in [0.1, 0.15) is 31.8 Å². The lowest BCUT2D eigenvalue weighted by Gasteiger charge is -2.15. The second kappa shape index (κ2) is 11.2. The molecule has 0 atom stereocenters. The number of allylic oxidation sites excluding steroid dienone is 1. The molecule has 2 aromatic rings. The Kier molecular flexibility index (Phi) is 8.60. The van der Waals surface area contributed by atoms with Crippen LogP contribution in [0.15, 0.2) is 53.7 Å². The lowest BCUT2D eigenvalue weighted by Crippen LogP contribution is -2.03. The summed E-state index contributed by atoms with van der Waals surface area (Å²) < 4.78 is 11.8. The van der Waals surface area contributed by atoms with Crippen molar-refractivity contribution in [1.29, 1.82) is 0 Å². The zero-order valence-corrected chi connectivity index (χ0v) is 17.6. The molecule has 4 nitrogen and oxygen atoms in total. The molecule has 0 aromatic heterocycles. The Hall–Kier alpha value is -2.75. The van der Waals surface area contributed by atoms with Gasteiger partial charge in [-0.3, -0.25) is 0 Å². The van der Waals surface area contributed by atoms with Crippen LogP contribution in [0.4, 0.5) is 0 Å². The molecule has 28 heavy (non-hydrogen) atoms. The summed E-state index contributed by atoms with van der Waals surface area (Å²) in [5, 5.41) is 4.13. The minimum atomic E-state index is 0.519. The quantitative estimate of drug-likeness (QED) is 0.288. The minimum absolute atomic E-state index is 0.519. The summed E-state index contributed by atoms with van der Waals surface area (Å²) in [7, 11) is 1.58. The van der Waals surface area contributed by atoms with Crippen LogP contribution in [-0.2, 0) is 11.4 Å². The van der Waals surface area contributed by atoms with Gasteiger partial charge < -0.3 is 14.3 Å². The highest BCUT2D eigenvalue weighted by molar-refractivity contribution is 6.00. The summed E-state index contributed by atoms with van der Waals surface area (Å²) in [6.45, 7) is 9.31. The molecule has 0 aliphatic heterocycles. The zero-order valence-electron chi connectivity index (χ0n) is 17.6. The fourth-order valence-corrected chi connectivity index (χ4v) is 3.00. The molecule has 0 N–H and O–H groups in total. The SMILES string of the molecule is C/C=C/COc1cc(C)c(OCc2ccc(C(CCC)=NOC)cc2)c(C)c1. The molecule has 0 bridgehead atoms. The Bertz CT molecular complexity index is 784. The van der Waals surface area contributed by atoms with E-state index >= 15 is 0 Å². The van der Waals surface area contributed by atoms with E-state index in [2.05, 4.69) is 36.3 Å². The summed E-state index contributed by atoms with van der Waals surface area (Å²) >= 11 is 0. The van der Waals surface area contributed by atoms with Crippen molar-refractivity contribution < 1.29 is 14.3 Å². The summed E-state index contributed by atoms with van der Waals surface area (Å²) in [6, 6.07) is 12.3. The average molecular weight is 382 g/mol. The number of rotatable bonds is 10. The standard InChI is InChI=1S/C24H31NO3/c1-6-8-14-27-22-15-18(3)24(19(4)16-22)28-17-20-10-12-21(13-11-20)23(9-7-2)25-26-5/h6,8,10-13,15-16H,7,9,14,17H2,1-5H3/b8-6+,25-23?. The molecule has 0 unspecified atom stereocenters. The number of oxime groups is 1. The fourth-order valence-electron chi connectivity index (χ4n) is 3.00. The van der Waals surface area contributed by atoms with Gasteiger partial charge >= 0.3 is 0 Å². The largest absolute Gasteiger partial charge is 0.490 e. The van der Waals surface area contributed by atoms with Crippen molar-refractivity contribution in [1.82, 2.24) is 0 Å². The van der Waals surface area contributed by atoms with Crippen molar-refractivity contribution >= 4 is 5.71 Å². The Morgan fingerprint density at radius 1 is 1.04 bits per heavy atom. The van der Waals surface area contributed by atoms with Crippen LogP contribution >= 0.6 is 0 Å². The lowest BCUT2D eigenvalue weighted by molar-refractivity contribution is 0.213. The second-order valence-corrected chi connectivity index (χ2v) is 6.72. The summed E-state index contributed by atoms with van der Waals surface area (Å²) in [5.41, 5.74) is 5.32. The molecule has 0 saturated heterocycles. The highest BCUT2D eigenvalue weighted by atomic mass is 16.6. The highest BCUT2D eigenvalue weighted by Crippen LogP contribution is 2.29. The first kappa shape index (κ1) is 21.5. The Labute approximate surface area is 168 Å². The third-order valence-electron chi connectivity index (χ3n) is 4.37. The van der Waals surface area contributed by atoms with Gasteiger partial charge in [0.2, 0.25) is 0 Å². The normalized spacial score (nSPS) is 11.7. The molecule has 2 rings (SSSR count). The topological polar surface area (TPSA) is 40.0 Å². The third-order valence-corrected chi connectivity index (χ3v) is 4.37. The maximum Gasteiger partial charge on any atom is 0.125 e. The third kappa shape index (κ3) is 6.15. The predicted molar refractivity (Wildman–Crippen MR) is 115 cm³/mol. The molecule has 0 radical (unpaired) electrons. The first-order chi connectivity index (χ1) is 13.6. The molecule has 0 aliphatic rings. The monoisotopic (exact) mass is 381 g/mol. The summed E-state index contributed by atoms with van der Waals surface area (Å²) in [4.78, 5) is 4.96. The number of aryl methyl sites for hydroxylation is 2. The van der Waals surface area contributed by atoms with E-state index in [1.165, 1.54) is 0 Å². The number of benzene rings is 2. The van der Waals surface area contributed by atoms with E-state index in [4.69, 9.17) is 14.3 Å². The van der Waals surface area contributed by atoms with Crippen LogP contribution in [0.5, 0.6) is 11.5 Å². The second-order valence-electron chi connectivity index (χ2n) is 6.72. The van der Waals surface area contributed by atoms with Gasteiger partial charge in [-0.15, -0.1) is 0 Å². The molecule has 0 saturated carbocycles. The van der Waals surface area contributed by atoms with Gasteiger partial charge in [-0.05, 0) is 61.6 Å². The van der Waals surface area contributed by atoms with Crippen molar-refractivity contribution in [3.8, 4) is 11.5 Å². The number of nitrogens with zero attached hydrogens (tertiary/aromatic N) is 1. The first-order valence-electron chi connectivity index (χ1n) is 9.76. The van der Waals surface area contributed by atoms with Gasteiger partial charge in [-0.25, -0.2) is 0 Å². The first-order valence-corrected chi connectivity index (χ1v) is 9.76. The maximum absolute atomic E-state index is 6.11.